The topological polar surface area (TPSA) is 17.1 Å². The summed E-state index contributed by atoms with van der Waals surface area (Å²) >= 11 is 0. The highest BCUT2D eigenvalue weighted by atomic mass is 16.1. The van der Waals surface area contributed by atoms with Crippen molar-refractivity contribution in [2.24, 2.45) is 23.7 Å². The van der Waals surface area contributed by atoms with Gasteiger partial charge in [0, 0.05) is 11.8 Å². The lowest BCUT2D eigenvalue weighted by molar-refractivity contribution is -0.123. The fourth-order valence-electron chi connectivity index (χ4n) is 2.31. The molecule has 1 heteroatoms. The SMILES string of the molecule is CC1C(=O)C2C=CC1C2C. The van der Waals surface area contributed by atoms with Gasteiger partial charge in [0.1, 0.15) is 5.78 Å². The first-order valence-corrected chi connectivity index (χ1v) is 3.94. The van der Waals surface area contributed by atoms with Crippen LogP contribution in [0.3, 0.4) is 0 Å². The van der Waals surface area contributed by atoms with Gasteiger partial charge in [-0.15, -0.1) is 0 Å². The fourth-order valence-corrected chi connectivity index (χ4v) is 2.31. The largest absolute Gasteiger partial charge is 0.299 e. The van der Waals surface area contributed by atoms with Crippen LogP contribution < -0.4 is 0 Å². The quantitative estimate of drug-likeness (QED) is 0.463. The van der Waals surface area contributed by atoms with Crippen molar-refractivity contribution in [1.29, 1.82) is 0 Å². The van der Waals surface area contributed by atoms with Crippen LogP contribution in [-0.2, 0) is 4.79 Å². The number of Topliss-reactive ketones (excluding diaryl/α,β-unsaturated/α-hetero) is 1. The van der Waals surface area contributed by atoms with E-state index in [1.54, 1.807) is 0 Å². The monoisotopic (exact) mass is 136 g/mol. The van der Waals surface area contributed by atoms with E-state index in [9.17, 15) is 4.79 Å². The molecule has 1 fully saturated rings. The highest BCUT2D eigenvalue weighted by molar-refractivity contribution is 5.89. The van der Waals surface area contributed by atoms with Crippen LogP contribution in [0.4, 0.5) is 0 Å². The number of allylic oxidation sites excluding steroid dienone is 2. The molecule has 2 aliphatic rings. The third kappa shape index (κ3) is 0.511. The number of carbonyl (C=O) groups excluding carboxylic acids is 1. The molecule has 0 saturated heterocycles. The summed E-state index contributed by atoms with van der Waals surface area (Å²) in [6.07, 6.45) is 4.29. The van der Waals surface area contributed by atoms with E-state index in [0.717, 1.165) is 0 Å². The molecule has 2 bridgehead atoms. The molecule has 0 aromatic heterocycles. The highest BCUT2D eigenvalue weighted by Crippen LogP contribution is 2.44. The zero-order valence-corrected chi connectivity index (χ0v) is 6.37. The van der Waals surface area contributed by atoms with E-state index >= 15 is 0 Å². The second-order valence-corrected chi connectivity index (χ2v) is 3.54. The first-order chi connectivity index (χ1) is 4.72. The van der Waals surface area contributed by atoms with Crippen molar-refractivity contribution in [2.75, 3.05) is 0 Å². The number of hydrogen-bond donors (Lipinski definition) is 0. The van der Waals surface area contributed by atoms with E-state index in [0.29, 0.717) is 23.5 Å². The highest BCUT2D eigenvalue weighted by Gasteiger charge is 2.46. The first-order valence-electron chi connectivity index (χ1n) is 3.94. The van der Waals surface area contributed by atoms with Crippen molar-refractivity contribution in [2.45, 2.75) is 13.8 Å². The Bertz CT molecular complexity index is 205. The molecule has 0 amide bonds. The summed E-state index contributed by atoms with van der Waals surface area (Å²) in [6.45, 7) is 4.23. The van der Waals surface area contributed by atoms with E-state index in [-0.39, 0.29) is 5.92 Å². The summed E-state index contributed by atoms with van der Waals surface area (Å²) < 4.78 is 0. The van der Waals surface area contributed by atoms with Crippen molar-refractivity contribution >= 4 is 5.78 Å². The molecule has 0 aliphatic heterocycles. The minimum absolute atomic E-state index is 0.264. The molecule has 0 aromatic rings. The molecule has 4 atom stereocenters. The second-order valence-electron chi connectivity index (χ2n) is 3.54. The van der Waals surface area contributed by atoms with Gasteiger partial charge in [-0.3, -0.25) is 4.79 Å². The van der Waals surface area contributed by atoms with Crippen LogP contribution in [0.25, 0.3) is 0 Å². The first kappa shape index (κ1) is 6.14. The Morgan fingerprint density at radius 2 is 2.00 bits per heavy atom. The van der Waals surface area contributed by atoms with Crippen LogP contribution in [0.2, 0.25) is 0 Å². The van der Waals surface area contributed by atoms with Crippen LogP contribution in [0, 0.1) is 23.7 Å². The Kier molecular flexibility index (Phi) is 1.05. The maximum Gasteiger partial charge on any atom is 0.143 e. The zero-order valence-electron chi connectivity index (χ0n) is 6.37. The van der Waals surface area contributed by atoms with Gasteiger partial charge in [0.2, 0.25) is 0 Å². The molecule has 1 nitrogen and oxygen atoms in total. The van der Waals surface area contributed by atoms with Crippen LogP contribution in [0.5, 0.6) is 0 Å². The molecule has 2 aliphatic carbocycles. The minimum atomic E-state index is 0.264. The van der Waals surface area contributed by atoms with Crippen LogP contribution >= 0.6 is 0 Å². The second kappa shape index (κ2) is 1.71. The van der Waals surface area contributed by atoms with Gasteiger partial charge in [0.05, 0.1) is 0 Å². The number of ketones is 1. The maximum absolute atomic E-state index is 11.3. The van der Waals surface area contributed by atoms with Gasteiger partial charge >= 0.3 is 0 Å². The molecule has 0 spiro atoms. The van der Waals surface area contributed by atoms with Gasteiger partial charge in [0.25, 0.3) is 0 Å². The molecule has 10 heavy (non-hydrogen) atoms. The molecular weight excluding hydrogens is 124 g/mol. The predicted octanol–water partition coefficient (Wildman–Crippen LogP) is 1.64. The van der Waals surface area contributed by atoms with Gasteiger partial charge in [0.15, 0.2) is 0 Å². The van der Waals surface area contributed by atoms with E-state index in [1.165, 1.54) is 0 Å². The average Bonchev–Trinajstić information content (AvgIpc) is 2.34. The van der Waals surface area contributed by atoms with E-state index in [1.807, 2.05) is 6.92 Å². The average molecular weight is 136 g/mol. The van der Waals surface area contributed by atoms with Crippen molar-refractivity contribution in [1.82, 2.24) is 0 Å². The summed E-state index contributed by atoms with van der Waals surface area (Å²) in [4.78, 5) is 11.3. The Balaban J connectivity index is 2.38. The molecule has 0 heterocycles. The summed E-state index contributed by atoms with van der Waals surface area (Å²) in [5.74, 6) is 2.16. The summed E-state index contributed by atoms with van der Waals surface area (Å²) in [5, 5.41) is 0. The van der Waals surface area contributed by atoms with Crippen molar-refractivity contribution in [3.63, 3.8) is 0 Å². The van der Waals surface area contributed by atoms with Crippen molar-refractivity contribution in [3.05, 3.63) is 12.2 Å². The summed E-state index contributed by atoms with van der Waals surface area (Å²) in [7, 11) is 0. The summed E-state index contributed by atoms with van der Waals surface area (Å²) in [5.41, 5.74) is 0. The normalized spacial score (nSPS) is 50.8. The van der Waals surface area contributed by atoms with Gasteiger partial charge in [-0.25, -0.2) is 0 Å². The van der Waals surface area contributed by atoms with Gasteiger partial charge in [-0.2, -0.15) is 0 Å². The lowest BCUT2D eigenvalue weighted by Gasteiger charge is -2.10. The lowest BCUT2D eigenvalue weighted by Crippen LogP contribution is -2.14. The number of carbonyl (C=O) groups is 1. The molecule has 1 saturated carbocycles. The fraction of sp³-hybridized carbons (Fsp3) is 0.667. The predicted molar refractivity (Wildman–Crippen MR) is 39.5 cm³/mol. The minimum Gasteiger partial charge on any atom is -0.299 e. The summed E-state index contributed by atoms with van der Waals surface area (Å²) in [6, 6.07) is 0. The maximum atomic E-state index is 11.3. The Hall–Kier alpha value is -0.590. The number of rotatable bonds is 0. The molecule has 4 unspecified atom stereocenters. The van der Waals surface area contributed by atoms with Crippen LogP contribution in [0.15, 0.2) is 12.2 Å². The standard InChI is InChI=1S/C9H12O/c1-5-7-3-4-8(5)9(10)6(7)2/h3-8H,1-2H3. The lowest BCUT2D eigenvalue weighted by atomic mass is 9.93. The molecule has 2 rings (SSSR count). The third-order valence-electron chi connectivity index (χ3n) is 3.07. The van der Waals surface area contributed by atoms with E-state index < -0.39 is 0 Å². The smallest absolute Gasteiger partial charge is 0.143 e. The molecule has 0 aromatic carbocycles. The van der Waals surface area contributed by atoms with Crippen molar-refractivity contribution < 1.29 is 4.79 Å². The third-order valence-corrected chi connectivity index (χ3v) is 3.07. The Morgan fingerprint density at radius 1 is 1.30 bits per heavy atom. The number of hydrogen-bond acceptors (Lipinski definition) is 1. The van der Waals surface area contributed by atoms with E-state index in [2.05, 4.69) is 19.1 Å². The van der Waals surface area contributed by atoms with Gasteiger partial charge in [-0.1, -0.05) is 26.0 Å². The zero-order chi connectivity index (χ0) is 7.30. The molecule has 0 N–H and O–H groups in total. The van der Waals surface area contributed by atoms with Gasteiger partial charge in [-0.05, 0) is 11.8 Å². The van der Waals surface area contributed by atoms with Crippen LogP contribution in [0.1, 0.15) is 13.8 Å². The van der Waals surface area contributed by atoms with E-state index in [4.69, 9.17) is 0 Å². The van der Waals surface area contributed by atoms with Crippen LogP contribution in [-0.4, -0.2) is 5.78 Å². The molecule has 0 radical (unpaired) electrons. The molecule has 54 valence electrons. The van der Waals surface area contributed by atoms with Crippen molar-refractivity contribution in [3.8, 4) is 0 Å². The Morgan fingerprint density at radius 3 is 2.30 bits per heavy atom. The van der Waals surface area contributed by atoms with Gasteiger partial charge < -0.3 is 0 Å². The number of fused-ring (bicyclic) bond motifs is 2. The molecular formula is C9H12O. The Labute approximate surface area is 61.1 Å².